The number of nitrogens with one attached hydrogen (secondary N) is 1. The lowest BCUT2D eigenvalue weighted by Gasteiger charge is -2.23. The molecule has 1 aromatic rings. The number of benzene rings is 1. The Morgan fingerprint density at radius 3 is 2.72 bits per heavy atom. The van der Waals surface area contributed by atoms with E-state index in [1.165, 1.54) is 12.1 Å². The highest BCUT2D eigenvalue weighted by Crippen LogP contribution is 2.26. The van der Waals surface area contributed by atoms with E-state index in [2.05, 4.69) is 4.72 Å². The van der Waals surface area contributed by atoms with Crippen LogP contribution in [0, 0.1) is 5.82 Å². The van der Waals surface area contributed by atoms with Crippen molar-refractivity contribution >= 4 is 11.0 Å². The van der Waals surface area contributed by atoms with Gasteiger partial charge < -0.3 is 4.74 Å². The van der Waals surface area contributed by atoms with Crippen molar-refractivity contribution in [2.45, 2.75) is 38.5 Å². The van der Waals surface area contributed by atoms with Crippen LogP contribution in [0.15, 0.2) is 18.2 Å². The Balaban J connectivity index is 3.05. The van der Waals surface area contributed by atoms with Crippen molar-refractivity contribution in [3.8, 4) is 5.75 Å². The molecule has 0 bridgehead atoms. The lowest BCUT2D eigenvalue weighted by atomic mass is 10.1. The highest BCUT2D eigenvalue weighted by atomic mass is 32.2. The summed E-state index contributed by atoms with van der Waals surface area (Å²) in [5.41, 5.74) is 0.309. The van der Waals surface area contributed by atoms with E-state index in [9.17, 15) is 8.60 Å². The van der Waals surface area contributed by atoms with E-state index >= 15 is 0 Å². The second-order valence-electron chi connectivity index (χ2n) is 5.00. The molecule has 102 valence electrons. The smallest absolute Gasteiger partial charge is 0.123 e. The van der Waals surface area contributed by atoms with Crippen LogP contribution >= 0.6 is 0 Å². The van der Waals surface area contributed by atoms with Crippen molar-refractivity contribution in [2.24, 2.45) is 0 Å². The SMILES string of the molecule is [2H]C([2H])([2H])Oc1ccc(F)cc1[C@H](C)N[S@@](=O)C(C)(C)C. The molecule has 5 heteroatoms. The minimum absolute atomic E-state index is 0.0438. The summed E-state index contributed by atoms with van der Waals surface area (Å²) in [5, 5.41) is 0. The fraction of sp³-hybridized carbons (Fsp3) is 0.538. The van der Waals surface area contributed by atoms with Gasteiger partial charge in [0, 0.05) is 11.6 Å². The summed E-state index contributed by atoms with van der Waals surface area (Å²) in [6.45, 7) is 7.07. The lowest BCUT2D eigenvalue weighted by Crippen LogP contribution is -2.34. The third kappa shape index (κ3) is 3.78. The van der Waals surface area contributed by atoms with Crippen molar-refractivity contribution in [3.63, 3.8) is 0 Å². The van der Waals surface area contributed by atoms with Gasteiger partial charge in [-0.2, -0.15) is 0 Å². The molecule has 1 aromatic carbocycles. The first kappa shape index (κ1) is 10.9. The number of ether oxygens (including phenoxy) is 1. The van der Waals surface area contributed by atoms with Crippen molar-refractivity contribution in [3.05, 3.63) is 29.6 Å². The molecular formula is C13H20FNO2S. The van der Waals surface area contributed by atoms with Crippen LogP contribution in [0.4, 0.5) is 4.39 Å². The van der Waals surface area contributed by atoms with Gasteiger partial charge in [-0.25, -0.2) is 13.3 Å². The van der Waals surface area contributed by atoms with Gasteiger partial charge in [0.2, 0.25) is 0 Å². The molecule has 0 aliphatic rings. The first-order valence-corrected chi connectivity index (χ1v) is 6.71. The van der Waals surface area contributed by atoms with Crippen LogP contribution in [-0.4, -0.2) is 16.0 Å². The molecule has 2 atom stereocenters. The maximum Gasteiger partial charge on any atom is 0.123 e. The first-order chi connectivity index (χ1) is 9.40. The maximum absolute atomic E-state index is 13.4. The van der Waals surface area contributed by atoms with Gasteiger partial charge in [-0.3, -0.25) is 0 Å². The minimum Gasteiger partial charge on any atom is -0.496 e. The van der Waals surface area contributed by atoms with E-state index in [1.54, 1.807) is 27.7 Å². The zero-order chi connectivity index (χ0) is 16.4. The van der Waals surface area contributed by atoms with Gasteiger partial charge in [-0.1, -0.05) is 0 Å². The van der Waals surface area contributed by atoms with Crippen LogP contribution in [0.5, 0.6) is 5.75 Å². The Kier molecular flexibility index (Phi) is 3.52. The second kappa shape index (κ2) is 5.80. The molecular weight excluding hydrogens is 253 g/mol. The number of halogens is 1. The van der Waals surface area contributed by atoms with Crippen LogP contribution < -0.4 is 9.46 Å². The zero-order valence-electron chi connectivity index (χ0n) is 13.9. The average molecular weight is 276 g/mol. The summed E-state index contributed by atoms with van der Waals surface area (Å²) in [4.78, 5) is 0. The highest BCUT2D eigenvalue weighted by Gasteiger charge is 2.23. The number of rotatable bonds is 4. The molecule has 3 nitrogen and oxygen atoms in total. The lowest BCUT2D eigenvalue weighted by molar-refractivity contribution is 0.404. The molecule has 0 heterocycles. The highest BCUT2D eigenvalue weighted by molar-refractivity contribution is 7.84. The van der Waals surface area contributed by atoms with Gasteiger partial charge in [0.05, 0.1) is 26.9 Å². The minimum atomic E-state index is -2.63. The first-order valence-electron chi connectivity index (χ1n) is 7.06. The van der Waals surface area contributed by atoms with E-state index in [0.29, 0.717) is 5.56 Å². The number of hydrogen-bond acceptors (Lipinski definition) is 2. The normalized spacial score (nSPS) is 18.4. The van der Waals surface area contributed by atoms with Crippen LogP contribution in [0.1, 0.15) is 43.4 Å². The quantitative estimate of drug-likeness (QED) is 0.918. The molecule has 0 radical (unpaired) electrons. The largest absolute Gasteiger partial charge is 0.496 e. The van der Waals surface area contributed by atoms with Gasteiger partial charge >= 0.3 is 0 Å². The molecule has 0 fully saturated rings. The van der Waals surface area contributed by atoms with E-state index in [-0.39, 0.29) is 5.75 Å². The summed E-state index contributed by atoms with van der Waals surface area (Å²) in [6.07, 6.45) is 0. The standard InChI is InChI=1S/C13H20FNO2S/c1-9(15-18(16)13(2,3)4)11-8-10(14)6-7-12(11)17-5/h6-9,15H,1-5H3/t9-,18-/m0/s1/i5D3. The Bertz CT molecular complexity index is 529. The van der Waals surface area contributed by atoms with Crippen LogP contribution in [0.3, 0.4) is 0 Å². The zero-order valence-corrected chi connectivity index (χ0v) is 11.7. The predicted octanol–water partition coefficient (Wildman–Crippen LogP) is 2.95. The van der Waals surface area contributed by atoms with E-state index in [0.717, 1.165) is 6.07 Å². The van der Waals surface area contributed by atoms with Crippen LogP contribution in [-0.2, 0) is 11.0 Å². The average Bonchev–Trinajstić information content (AvgIpc) is 2.28. The van der Waals surface area contributed by atoms with Crippen molar-refractivity contribution in [1.82, 2.24) is 4.72 Å². The summed E-state index contributed by atoms with van der Waals surface area (Å²) in [5.74, 6) is -0.472. The molecule has 0 aliphatic carbocycles. The fourth-order valence-electron chi connectivity index (χ4n) is 1.35. The van der Waals surface area contributed by atoms with Gasteiger partial charge in [-0.05, 0) is 45.9 Å². The summed E-state index contributed by atoms with van der Waals surface area (Å²) >= 11 is 0. The molecule has 1 rings (SSSR count). The second-order valence-corrected chi connectivity index (χ2v) is 7.00. The third-order valence-corrected chi connectivity index (χ3v) is 4.07. The topological polar surface area (TPSA) is 38.3 Å². The number of hydrogen-bond donors (Lipinski definition) is 1. The van der Waals surface area contributed by atoms with Gasteiger partial charge in [-0.15, -0.1) is 0 Å². The molecule has 0 spiro atoms. The van der Waals surface area contributed by atoms with Crippen molar-refractivity contribution in [1.29, 1.82) is 0 Å². The van der Waals surface area contributed by atoms with E-state index < -0.39 is 34.6 Å². The summed E-state index contributed by atoms with van der Waals surface area (Å²) in [6, 6.07) is 3.03. The van der Waals surface area contributed by atoms with Crippen LogP contribution in [0.2, 0.25) is 0 Å². The maximum atomic E-state index is 13.4. The van der Waals surface area contributed by atoms with Crippen LogP contribution in [0.25, 0.3) is 0 Å². The predicted molar refractivity (Wildman–Crippen MR) is 72.4 cm³/mol. The molecule has 0 saturated heterocycles. The molecule has 0 unspecified atom stereocenters. The van der Waals surface area contributed by atoms with Gasteiger partial charge in [0.15, 0.2) is 0 Å². The summed E-state index contributed by atoms with van der Waals surface area (Å²) < 4.78 is 54.1. The molecule has 0 aliphatic heterocycles. The molecule has 1 N–H and O–H groups in total. The van der Waals surface area contributed by atoms with Crippen molar-refractivity contribution < 1.29 is 17.4 Å². The van der Waals surface area contributed by atoms with Gasteiger partial charge in [0.25, 0.3) is 0 Å². The molecule has 18 heavy (non-hydrogen) atoms. The Labute approximate surface area is 115 Å². The monoisotopic (exact) mass is 276 g/mol. The Morgan fingerprint density at radius 2 is 2.17 bits per heavy atom. The molecule has 0 aromatic heterocycles. The van der Waals surface area contributed by atoms with E-state index in [4.69, 9.17) is 8.85 Å². The van der Waals surface area contributed by atoms with Crippen molar-refractivity contribution in [2.75, 3.05) is 7.04 Å². The summed E-state index contributed by atoms with van der Waals surface area (Å²) in [7, 11) is -4.00. The fourth-order valence-corrected chi connectivity index (χ4v) is 2.15. The van der Waals surface area contributed by atoms with Gasteiger partial charge in [0.1, 0.15) is 11.6 Å². The van der Waals surface area contributed by atoms with E-state index in [1.807, 2.05) is 0 Å². The Hall–Kier alpha value is -0.940. The molecule has 0 saturated carbocycles. The third-order valence-electron chi connectivity index (χ3n) is 2.39. The number of methoxy groups -OCH3 is 1. The Morgan fingerprint density at radius 1 is 1.50 bits per heavy atom. The molecule has 0 amide bonds.